The van der Waals surface area contributed by atoms with Crippen LogP contribution in [0, 0.1) is 13.8 Å². The number of anilines is 2. The van der Waals surface area contributed by atoms with E-state index in [0.717, 1.165) is 18.2 Å². The van der Waals surface area contributed by atoms with Crippen LogP contribution in [0.15, 0.2) is 22.1 Å². The van der Waals surface area contributed by atoms with E-state index in [4.69, 9.17) is 9.15 Å². The summed E-state index contributed by atoms with van der Waals surface area (Å²) in [6, 6.07) is 1.57. The average molecular weight is 491 g/mol. The third-order valence-corrected chi connectivity index (χ3v) is 6.83. The lowest BCUT2D eigenvalue weighted by atomic mass is 10.2. The first-order chi connectivity index (χ1) is 15.9. The molecule has 1 fully saturated rings. The van der Waals surface area contributed by atoms with Gasteiger partial charge in [0.15, 0.2) is 10.3 Å². The van der Waals surface area contributed by atoms with E-state index in [9.17, 15) is 14.4 Å². The molecule has 0 unspecified atom stereocenters. The van der Waals surface area contributed by atoms with Gasteiger partial charge in [-0.2, -0.15) is 0 Å². The van der Waals surface area contributed by atoms with Crippen molar-refractivity contribution in [1.82, 2.24) is 20.8 Å². The van der Waals surface area contributed by atoms with Crippen molar-refractivity contribution in [3.8, 4) is 0 Å². The van der Waals surface area contributed by atoms with Crippen LogP contribution in [0.25, 0.3) is 0 Å². The Kier molecular flexibility index (Phi) is 7.01. The molecule has 0 aliphatic carbocycles. The van der Waals surface area contributed by atoms with Crippen LogP contribution < -0.4 is 21.1 Å². The number of nitrogens with zero attached hydrogens (tertiary/aromatic N) is 3. The fraction of sp³-hybridized carbons (Fsp3) is 0.350. The molecule has 33 heavy (non-hydrogen) atoms. The van der Waals surface area contributed by atoms with E-state index in [2.05, 4.69) is 31.0 Å². The zero-order chi connectivity index (χ0) is 23.4. The van der Waals surface area contributed by atoms with E-state index in [0.29, 0.717) is 45.9 Å². The maximum Gasteiger partial charge on any atom is 0.281 e. The monoisotopic (exact) mass is 490 g/mol. The highest BCUT2D eigenvalue weighted by Gasteiger charge is 2.21. The van der Waals surface area contributed by atoms with Gasteiger partial charge in [-0.15, -0.1) is 11.3 Å². The van der Waals surface area contributed by atoms with Crippen LogP contribution in [-0.2, 0) is 16.0 Å². The first kappa shape index (κ1) is 22.9. The van der Waals surface area contributed by atoms with Crippen molar-refractivity contribution in [3.63, 3.8) is 0 Å². The lowest BCUT2D eigenvalue weighted by Gasteiger charge is -2.25. The second-order valence-electron chi connectivity index (χ2n) is 7.18. The highest BCUT2D eigenvalue weighted by atomic mass is 32.1. The van der Waals surface area contributed by atoms with Crippen LogP contribution in [0.2, 0.25) is 0 Å². The van der Waals surface area contributed by atoms with Gasteiger partial charge in [0, 0.05) is 18.5 Å². The van der Waals surface area contributed by atoms with Gasteiger partial charge in [-0.1, -0.05) is 11.3 Å². The van der Waals surface area contributed by atoms with Gasteiger partial charge < -0.3 is 14.1 Å². The Labute approximate surface area is 197 Å². The number of thiazole rings is 2. The maximum atomic E-state index is 12.5. The molecule has 3 amide bonds. The number of hydrazine groups is 1. The molecule has 4 rings (SSSR count). The summed E-state index contributed by atoms with van der Waals surface area (Å²) in [5.74, 6) is -0.699. The van der Waals surface area contributed by atoms with Gasteiger partial charge in [-0.05, 0) is 19.9 Å². The topological polar surface area (TPSA) is 139 Å². The normalized spacial score (nSPS) is 13.6. The Bertz CT molecular complexity index is 1160. The number of hydrogen-bond acceptors (Lipinski definition) is 10. The van der Waals surface area contributed by atoms with E-state index in [1.165, 1.54) is 28.9 Å². The summed E-state index contributed by atoms with van der Waals surface area (Å²) in [6.45, 7) is 6.15. The summed E-state index contributed by atoms with van der Waals surface area (Å²) in [5, 5.41) is 5.47. The number of carbonyl (C=O) groups is 3. The molecule has 0 aromatic carbocycles. The van der Waals surface area contributed by atoms with E-state index in [-0.39, 0.29) is 12.3 Å². The summed E-state index contributed by atoms with van der Waals surface area (Å²) >= 11 is 2.48. The number of aromatic nitrogens is 2. The fourth-order valence-corrected chi connectivity index (χ4v) is 4.82. The summed E-state index contributed by atoms with van der Waals surface area (Å²) in [4.78, 5) is 48.2. The summed E-state index contributed by atoms with van der Waals surface area (Å²) in [6.07, 6.45) is 1.38. The molecule has 11 nitrogen and oxygen atoms in total. The Morgan fingerprint density at radius 2 is 1.91 bits per heavy atom. The molecule has 174 valence electrons. The van der Waals surface area contributed by atoms with Gasteiger partial charge in [0.25, 0.3) is 11.8 Å². The molecule has 0 bridgehead atoms. The number of nitrogens with one attached hydrogen (secondary N) is 3. The quantitative estimate of drug-likeness (QED) is 0.446. The third-order valence-electron chi connectivity index (χ3n) is 4.81. The number of aryl methyl sites for hydroxylation is 2. The molecule has 13 heteroatoms. The standard InChI is InChI=1S/C20H22N6O5S2/c1-11-16(33-20(21-11)26-4-7-30-8-5-26)18(29)25-24-15(27)9-13-10-32-19(22-13)23-17(28)14-3-6-31-12(14)2/h3,6,10H,4-5,7-9H2,1-2H3,(H,24,27)(H,25,29)(H,22,23,28). The largest absolute Gasteiger partial charge is 0.469 e. The number of rotatable bonds is 6. The maximum absolute atomic E-state index is 12.5. The Morgan fingerprint density at radius 3 is 2.64 bits per heavy atom. The molecule has 3 aromatic heterocycles. The Morgan fingerprint density at radius 1 is 1.12 bits per heavy atom. The number of furan rings is 1. The van der Waals surface area contributed by atoms with Crippen LogP contribution in [-0.4, -0.2) is 54.0 Å². The van der Waals surface area contributed by atoms with Crippen molar-refractivity contribution in [2.24, 2.45) is 0 Å². The van der Waals surface area contributed by atoms with Gasteiger partial charge in [-0.25, -0.2) is 9.97 Å². The molecule has 1 aliphatic rings. The van der Waals surface area contributed by atoms with Gasteiger partial charge in [0.1, 0.15) is 10.6 Å². The average Bonchev–Trinajstić information content (AvgIpc) is 3.53. The molecule has 0 saturated carbocycles. The van der Waals surface area contributed by atoms with Crippen LogP contribution in [0.5, 0.6) is 0 Å². The minimum Gasteiger partial charge on any atom is -0.469 e. The molecule has 1 aliphatic heterocycles. The molecule has 3 N–H and O–H groups in total. The van der Waals surface area contributed by atoms with Crippen molar-refractivity contribution >= 4 is 50.7 Å². The predicted octanol–water partition coefficient (Wildman–Crippen LogP) is 1.90. The smallest absolute Gasteiger partial charge is 0.281 e. The summed E-state index contributed by atoms with van der Waals surface area (Å²) in [7, 11) is 0. The molecule has 1 saturated heterocycles. The lowest BCUT2D eigenvalue weighted by Crippen LogP contribution is -2.42. The molecule has 0 atom stereocenters. The Hall–Kier alpha value is -3.29. The van der Waals surface area contributed by atoms with Gasteiger partial charge in [-0.3, -0.25) is 30.6 Å². The Balaban J connectivity index is 1.27. The minimum absolute atomic E-state index is 0.0575. The van der Waals surface area contributed by atoms with Crippen molar-refractivity contribution in [2.75, 3.05) is 36.5 Å². The van der Waals surface area contributed by atoms with Crippen molar-refractivity contribution in [2.45, 2.75) is 20.3 Å². The number of hydrogen-bond donors (Lipinski definition) is 3. The van der Waals surface area contributed by atoms with E-state index >= 15 is 0 Å². The van der Waals surface area contributed by atoms with E-state index in [1.807, 2.05) is 0 Å². The van der Waals surface area contributed by atoms with Crippen molar-refractivity contribution in [3.05, 3.63) is 45.3 Å². The zero-order valence-electron chi connectivity index (χ0n) is 18.0. The second-order valence-corrected chi connectivity index (χ2v) is 9.01. The molecular weight excluding hydrogens is 468 g/mol. The number of ether oxygens (including phenoxy) is 1. The van der Waals surface area contributed by atoms with Crippen molar-refractivity contribution in [1.29, 1.82) is 0 Å². The number of morpholine rings is 1. The lowest BCUT2D eigenvalue weighted by molar-refractivity contribution is -0.121. The molecule has 3 aromatic rings. The summed E-state index contributed by atoms with van der Waals surface area (Å²) < 4.78 is 10.5. The molecular formula is C20H22N6O5S2. The first-order valence-corrected chi connectivity index (χ1v) is 11.8. The van der Waals surface area contributed by atoms with Crippen LogP contribution in [0.4, 0.5) is 10.3 Å². The third kappa shape index (κ3) is 5.56. The molecule has 4 heterocycles. The highest BCUT2D eigenvalue weighted by molar-refractivity contribution is 7.17. The fourth-order valence-electron chi connectivity index (χ4n) is 3.11. The van der Waals surface area contributed by atoms with E-state index < -0.39 is 11.8 Å². The van der Waals surface area contributed by atoms with Gasteiger partial charge in [0.2, 0.25) is 5.91 Å². The number of amides is 3. The van der Waals surface area contributed by atoms with Crippen molar-refractivity contribution < 1.29 is 23.5 Å². The van der Waals surface area contributed by atoms with Crippen LogP contribution >= 0.6 is 22.7 Å². The van der Waals surface area contributed by atoms with E-state index in [1.54, 1.807) is 25.3 Å². The zero-order valence-corrected chi connectivity index (χ0v) is 19.6. The summed E-state index contributed by atoms with van der Waals surface area (Å²) in [5.41, 5.74) is 6.31. The number of carbonyl (C=O) groups excluding carboxylic acids is 3. The first-order valence-electron chi connectivity index (χ1n) is 10.1. The predicted molar refractivity (Wildman–Crippen MR) is 123 cm³/mol. The highest BCUT2D eigenvalue weighted by Crippen LogP contribution is 2.26. The SMILES string of the molecule is Cc1nc(N2CCOCC2)sc1C(=O)NNC(=O)Cc1csc(NC(=O)c2ccoc2C)n1. The van der Waals surface area contributed by atoms with Crippen LogP contribution in [0.1, 0.15) is 37.2 Å². The van der Waals surface area contributed by atoms with Gasteiger partial charge >= 0.3 is 0 Å². The second kappa shape index (κ2) is 10.1. The molecule has 0 radical (unpaired) electrons. The van der Waals surface area contributed by atoms with Gasteiger partial charge in [0.05, 0.1) is 42.8 Å². The molecule has 0 spiro atoms. The van der Waals surface area contributed by atoms with Crippen LogP contribution in [0.3, 0.4) is 0 Å². The minimum atomic E-state index is -0.437.